The third-order valence-corrected chi connectivity index (χ3v) is 4.92. The zero-order chi connectivity index (χ0) is 17.1. The van der Waals surface area contributed by atoms with Crippen molar-refractivity contribution in [3.8, 4) is 11.3 Å². The van der Waals surface area contributed by atoms with E-state index in [4.69, 9.17) is 4.74 Å². The first-order valence-corrected chi connectivity index (χ1v) is 8.67. The van der Waals surface area contributed by atoms with Gasteiger partial charge in [0.2, 0.25) is 0 Å². The summed E-state index contributed by atoms with van der Waals surface area (Å²) in [5, 5.41) is 3.18. The molecule has 25 heavy (non-hydrogen) atoms. The van der Waals surface area contributed by atoms with E-state index >= 15 is 0 Å². The van der Waals surface area contributed by atoms with E-state index < -0.39 is 0 Å². The Hall–Kier alpha value is -2.54. The molecule has 2 aromatic rings. The fraction of sp³-hybridized carbons (Fsp3) is 0.444. The van der Waals surface area contributed by atoms with Crippen molar-refractivity contribution >= 4 is 11.8 Å². The van der Waals surface area contributed by atoms with Crippen molar-refractivity contribution in [2.24, 2.45) is 10.9 Å². The van der Waals surface area contributed by atoms with Crippen molar-refractivity contribution in [3.05, 3.63) is 36.9 Å². The summed E-state index contributed by atoms with van der Waals surface area (Å²) < 4.78 is 6.15. The normalized spacial score (nSPS) is 25.6. The molecule has 0 aliphatic carbocycles. The maximum atomic E-state index is 6.15. The van der Waals surface area contributed by atoms with Crippen LogP contribution in [0.25, 0.3) is 11.3 Å². The predicted octanol–water partition coefficient (Wildman–Crippen LogP) is 2.05. The molecule has 0 spiro atoms. The van der Waals surface area contributed by atoms with Gasteiger partial charge in [0.05, 0.1) is 5.69 Å². The average molecular weight is 338 g/mol. The summed E-state index contributed by atoms with van der Waals surface area (Å²) in [5.41, 5.74) is 1.75. The van der Waals surface area contributed by atoms with Gasteiger partial charge in [-0.2, -0.15) is 0 Å². The Balaban J connectivity index is 1.45. The zero-order valence-electron chi connectivity index (χ0n) is 14.3. The lowest BCUT2D eigenvalue weighted by molar-refractivity contribution is -0.0146. The van der Waals surface area contributed by atoms with Crippen molar-refractivity contribution in [1.82, 2.24) is 19.9 Å². The van der Waals surface area contributed by atoms with Gasteiger partial charge in [-0.1, -0.05) is 0 Å². The van der Waals surface area contributed by atoms with E-state index in [1.165, 1.54) is 32.3 Å². The molecule has 0 radical (unpaired) electrons. The minimum atomic E-state index is 0.202. The minimum Gasteiger partial charge on any atom is -0.460 e. The van der Waals surface area contributed by atoms with Crippen LogP contribution in [0.1, 0.15) is 12.8 Å². The van der Waals surface area contributed by atoms with Crippen LogP contribution in [-0.2, 0) is 4.74 Å². The second kappa shape index (κ2) is 7.14. The van der Waals surface area contributed by atoms with E-state index in [1.807, 2.05) is 18.2 Å². The number of hydrogen-bond acceptors (Lipinski definition) is 6. The number of aromatic nitrogens is 3. The summed E-state index contributed by atoms with van der Waals surface area (Å²) >= 11 is 0. The number of nitrogens with zero attached hydrogens (tertiary/aromatic N) is 5. The van der Waals surface area contributed by atoms with E-state index in [9.17, 15) is 0 Å². The summed E-state index contributed by atoms with van der Waals surface area (Å²) in [7, 11) is 1.73. The molecule has 0 unspecified atom stereocenters. The van der Waals surface area contributed by atoms with Crippen LogP contribution in [0.3, 0.4) is 0 Å². The maximum absolute atomic E-state index is 6.15. The van der Waals surface area contributed by atoms with Gasteiger partial charge in [-0.05, 0) is 44.0 Å². The molecule has 3 aliphatic heterocycles. The van der Waals surface area contributed by atoms with E-state index in [2.05, 4.69) is 30.2 Å². The molecular formula is C18H22N6O. The van der Waals surface area contributed by atoms with E-state index in [1.54, 1.807) is 19.4 Å². The van der Waals surface area contributed by atoms with Gasteiger partial charge in [0, 0.05) is 37.6 Å². The molecule has 7 heteroatoms. The van der Waals surface area contributed by atoms with Gasteiger partial charge in [-0.3, -0.25) is 15.2 Å². The van der Waals surface area contributed by atoms with Crippen LogP contribution < -0.4 is 5.32 Å². The Morgan fingerprint density at radius 3 is 2.88 bits per heavy atom. The molecule has 130 valence electrons. The van der Waals surface area contributed by atoms with E-state index in [0.29, 0.717) is 17.8 Å². The SMILES string of the molecule is CN=C(Nc1cc(-c2cccnc2)ncn1)O[C@H]1CN2CCC1CC2. The summed E-state index contributed by atoms with van der Waals surface area (Å²) in [4.78, 5) is 19.4. The number of amidine groups is 1. The quantitative estimate of drug-likeness (QED) is 0.682. The summed E-state index contributed by atoms with van der Waals surface area (Å²) in [6, 6.07) is 6.24. The predicted molar refractivity (Wildman–Crippen MR) is 96.3 cm³/mol. The molecule has 1 N–H and O–H groups in total. The molecular weight excluding hydrogens is 316 g/mol. The lowest BCUT2D eigenvalue weighted by Gasteiger charge is -2.44. The fourth-order valence-electron chi connectivity index (χ4n) is 3.53. The van der Waals surface area contributed by atoms with Crippen molar-refractivity contribution in [2.75, 3.05) is 32.0 Å². The number of hydrogen-bond donors (Lipinski definition) is 1. The molecule has 1 atom stereocenters. The van der Waals surface area contributed by atoms with Gasteiger partial charge in [0.25, 0.3) is 6.02 Å². The van der Waals surface area contributed by atoms with Crippen LogP contribution in [0.4, 0.5) is 5.82 Å². The van der Waals surface area contributed by atoms with Gasteiger partial charge in [0.1, 0.15) is 18.2 Å². The maximum Gasteiger partial charge on any atom is 0.290 e. The Labute approximate surface area is 147 Å². The summed E-state index contributed by atoms with van der Waals surface area (Å²) in [6.45, 7) is 3.37. The highest BCUT2D eigenvalue weighted by Gasteiger charge is 2.36. The molecule has 7 nitrogen and oxygen atoms in total. The monoisotopic (exact) mass is 338 g/mol. The first-order chi connectivity index (χ1) is 12.3. The van der Waals surface area contributed by atoms with Crippen molar-refractivity contribution in [1.29, 1.82) is 0 Å². The topological polar surface area (TPSA) is 75.5 Å². The molecule has 0 aromatic carbocycles. The third-order valence-electron chi connectivity index (χ3n) is 4.92. The zero-order valence-corrected chi connectivity index (χ0v) is 14.3. The van der Waals surface area contributed by atoms with Crippen LogP contribution in [-0.4, -0.2) is 58.7 Å². The van der Waals surface area contributed by atoms with Gasteiger partial charge >= 0.3 is 0 Å². The van der Waals surface area contributed by atoms with Crippen LogP contribution in [0.5, 0.6) is 0 Å². The van der Waals surface area contributed by atoms with Gasteiger partial charge < -0.3 is 4.74 Å². The largest absolute Gasteiger partial charge is 0.460 e. The van der Waals surface area contributed by atoms with Gasteiger partial charge in [-0.25, -0.2) is 15.0 Å². The molecule has 2 bridgehead atoms. The Bertz CT molecular complexity index is 742. The van der Waals surface area contributed by atoms with Crippen molar-refractivity contribution in [2.45, 2.75) is 18.9 Å². The first-order valence-electron chi connectivity index (χ1n) is 8.67. The summed E-state index contributed by atoms with van der Waals surface area (Å²) in [5.74, 6) is 1.29. The Morgan fingerprint density at radius 2 is 2.20 bits per heavy atom. The highest BCUT2D eigenvalue weighted by Crippen LogP contribution is 2.29. The number of rotatable bonds is 3. The number of piperidine rings is 3. The smallest absolute Gasteiger partial charge is 0.290 e. The molecule has 2 aromatic heterocycles. The highest BCUT2D eigenvalue weighted by molar-refractivity contribution is 5.88. The van der Waals surface area contributed by atoms with E-state index in [-0.39, 0.29) is 6.10 Å². The second-order valence-electron chi connectivity index (χ2n) is 6.48. The molecule has 5 rings (SSSR count). The number of ether oxygens (including phenoxy) is 1. The van der Waals surface area contributed by atoms with Gasteiger partial charge in [0.15, 0.2) is 0 Å². The molecule has 3 aliphatic rings. The molecule has 3 saturated heterocycles. The van der Waals surface area contributed by atoms with Gasteiger partial charge in [-0.15, -0.1) is 0 Å². The Kier molecular flexibility index (Phi) is 4.56. The standard InChI is InChI=1S/C18H22N6O/c1-19-18(25-16-11-24-7-4-13(16)5-8-24)23-17-9-15(21-12-22-17)14-3-2-6-20-10-14/h2-3,6,9-10,12-13,16H,4-5,7-8,11H2,1H3,(H,19,21,22,23)/t16-/m0/s1. The number of nitrogens with one attached hydrogen (secondary N) is 1. The minimum absolute atomic E-state index is 0.202. The average Bonchev–Trinajstić information content (AvgIpc) is 2.69. The number of pyridine rings is 1. The second-order valence-corrected chi connectivity index (χ2v) is 6.48. The third kappa shape index (κ3) is 3.61. The lowest BCUT2D eigenvalue weighted by Crippen LogP contribution is -2.52. The number of anilines is 1. The van der Waals surface area contributed by atoms with Crippen molar-refractivity contribution < 1.29 is 4.74 Å². The number of aliphatic imine (C=N–C) groups is 1. The molecule has 0 saturated carbocycles. The fourth-order valence-corrected chi connectivity index (χ4v) is 3.53. The molecule has 0 amide bonds. The first kappa shape index (κ1) is 16.0. The van der Waals surface area contributed by atoms with E-state index in [0.717, 1.165) is 17.8 Å². The molecule has 3 fully saturated rings. The lowest BCUT2D eigenvalue weighted by atomic mass is 9.86. The van der Waals surface area contributed by atoms with Crippen LogP contribution >= 0.6 is 0 Å². The Morgan fingerprint density at radius 1 is 1.32 bits per heavy atom. The van der Waals surface area contributed by atoms with Crippen LogP contribution in [0.15, 0.2) is 41.9 Å². The van der Waals surface area contributed by atoms with Crippen molar-refractivity contribution in [3.63, 3.8) is 0 Å². The summed E-state index contributed by atoms with van der Waals surface area (Å²) in [6.07, 6.45) is 7.68. The highest BCUT2D eigenvalue weighted by atomic mass is 16.5. The molecule has 5 heterocycles. The van der Waals surface area contributed by atoms with Crippen LogP contribution in [0, 0.1) is 5.92 Å². The van der Waals surface area contributed by atoms with Crippen LogP contribution in [0.2, 0.25) is 0 Å². The number of fused-ring (bicyclic) bond motifs is 3.